The van der Waals surface area contributed by atoms with E-state index in [1.807, 2.05) is 0 Å². The van der Waals surface area contributed by atoms with Gasteiger partial charge in [-0.05, 0) is 62.1 Å². The summed E-state index contributed by atoms with van der Waals surface area (Å²) in [6.45, 7) is 0. The molecule has 0 radical (unpaired) electrons. The van der Waals surface area contributed by atoms with Gasteiger partial charge in [0, 0.05) is 6.04 Å². The van der Waals surface area contributed by atoms with E-state index in [4.69, 9.17) is 0 Å². The monoisotopic (exact) mass is 243 g/mol. The van der Waals surface area contributed by atoms with Crippen molar-refractivity contribution in [2.75, 3.05) is 7.05 Å². The summed E-state index contributed by atoms with van der Waals surface area (Å²) in [5.41, 5.74) is 3.20. The Morgan fingerprint density at radius 1 is 0.944 bits per heavy atom. The van der Waals surface area contributed by atoms with E-state index in [0.29, 0.717) is 0 Å². The molecule has 2 saturated carbocycles. The van der Waals surface area contributed by atoms with E-state index < -0.39 is 0 Å². The molecule has 98 valence electrons. The maximum atomic E-state index is 3.46. The molecule has 2 atom stereocenters. The second-order valence-electron chi connectivity index (χ2n) is 6.15. The summed E-state index contributed by atoms with van der Waals surface area (Å²) in [4.78, 5) is 0. The lowest BCUT2D eigenvalue weighted by Crippen LogP contribution is -2.30. The van der Waals surface area contributed by atoms with Crippen LogP contribution in [0.15, 0.2) is 24.3 Å². The van der Waals surface area contributed by atoms with Crippen molar-refractivity contribution in [2.24, 2.45) is 0 Å². The Bertz CT molecular complexity index is 394. The fourth-order valence-electron chi connectivity index (χ4n) is 3.56. The van der Waals surface area contributed by atoms with Crippen molar-refractivity contribution in [3.8, 4) is 0 Å². The summed E-state index contributed by atoms with van der Waals surface area (Å²) in [7, 11) is 2.11. The van der Waals surface area contributed by atoms with Crippen LogP contribution in [0.4, 0.5) is 0 Å². The second-order valence-corrected chi connectivity index (χ2v) is 6.15. The highest BCUT2D eigenvalue weighted by Crippen LogP contribution is 2.39. The van der Waals surface area contributed by atoms with Crippen LogP contribution in [-0.2, 0) is 0 Å². The predicted octanol–water partition coefficient (Wildman–Crippen LogP) is 4.20. The van der Waals surface area contributed by atoms with E-state index in [9.17, 15) is 0 Å². The Labute approximate surface area is 111 Å². The van der Waals surface area contributed by atoms with Gasteiger partial charge < -0.3 is 5.32 Å². The fourth-order valence-corrected chi connectivity index (χ4v) is 3.56. The summed E-state index contributed by atoms with van der Waals surface area (Å²) >= 11 is 0. The van der Waals surface area contributed by atoms with Crippen molar-refractivity contribution < 1.29 is 0 Å². The Hall–Kier alpha value is -0.820. The Morgan fingerprint density at radius 2 is 1.61 bits per heavy atom. The summed E-state index contributed by atoms with van der Waals surface area (Å²) in [6, 6.07) is 10.2. The molecule has 1 heteroatoms. The van der Waals surface area contributed by atoms with Crippen molar-refractivity contribution in [1.29, 1.82) is 0 Å². The van der Waals surface area contributed by atoms with E-state index >= 15 is 0 Å². The summed E-state index contributed by atoms with van der Waals surface area (Å²) < 4.78 is 0. The maximum Gasteiger partial charge on any atom is 0.00698 e. The molecule has 2 aliphatic carbocycles. The largest absolute Gasteiger partial charge is 0.317 e. The maximum absolute atomic E-state index is 3.46. The van der Waals surface area contributed by atoms with Gasteiger partial charge in [0.05, 0.1) is 0 Å². The zero-order valence-corrected chi connectivity index (χ0v) is 11.5. The molecule has 0 spiro atoms. The van der Waals surface area contributed by atoms with E-state index in [1.54, 1.807) is 11.1 Å². The number of hydrogen-bond donors (Lipinski definition) is 1. The molecular formula is C17H25N. The highest BCUT2D eigenvalue weighted by molar-refractivity contribution is 5.30. The second kappa shape index (κ2) is 5.44. The third-order valence-electron chi connectivity index (χ3n) is 5.04. The molecule has 0 bridgehead atoms. The molecule has 2 unspecified atom stereocenters. The molecule has 3 rings (SSSR count). The smallest absolute Gasteiger partial charge is 0.00698 e. The summed E-state index contributed by atoms with van der Waals surface area (Å²) in [5, 5.41) is 3.46. The zero-order chi connectivity index (χ0) is 12.4. The van der Waals surface area contributed by atoms with Crippen molar-refractivity contribution in [3.63, 3.8) is 0 Å². The van der Waals surface area contributed by atoms with Crippen LogP contribution in [0, 0.1) is 0 Å². The van der Waals surface area contributed by atoms with Gasteiger partial charge in [-0.25, -0.2) is 0 Å². The van der Waals surface area contributed by atoms with E-state index in [-0.39, 0.29) is 0 Å². The van der Waals surface area contributed by atoms with Gasteiger partial charge in [-0.15, -0.1) is 0 Å². The van der Waals surface area contributed by atoms with Gasteiger partial charge in [0.25, 0.3) is 0 Å². The lowest BCUT2D eigenvalue weighted by Gasteiger charge is -2.31. The molecule has 1 aromatic rings. The van der Waals surface area contributed by atoms with Crippen LogP contribution in [0.5, 0.6) is 0 Å². The Balaban J connectivity index is 1.74. The van der Waals surface area contributed by atoms with E-state index in [0.717, 1.165) is 17.9 Å². The lowest BCUT2D eigenvalue weighted by molar-refractivity contribution is 0.354. The molecule has 0 amide bonds. The van der Waals surface area contributed by atoms with Gasteiger partial charge in [0.2, 0.25) is 0 Å². The molecule has 1 N–H and O–H groups in total. The van der Waals surface area contributed by atoms with E-state index in [1.165, 1.54) is 44.9 Å². The van der Waals surface area contributed by atoms with Crippen LogP contribution < -0.4 is 5.32 Å². The molecule has 0 saturated heterocycles. The lowest BCUT2D eigenvalue weighted by atomic mass is 9.77. The fraction of sp³-hybridized carbons (Fsp3) is 0.647. The zero-order valence-electron chi connectivity index (χ0n) is 11.5. The highest BCUT2D eigenvalue weighted by Gasteiger charge is 2.24. The number of rotatable bonds is 3. The quantitative estimate of drug-likeness (QED) is 0.839. The van der Waals surface area contributed by atoms with Gasteiger partial charge in [0.1, 0.15) is 0 Å². The Kier molecular flexibility index (Phi) is 3.69. The minimum absolute atomic E-state index is 0.733. The van der Waals surface area contributed by atoms with Crippen LogP contribution in [0.3, 0.4) is 0 Å². The molecule has 18 heavy (non-hydrogen) atoms. The van der Waals surface area contributed by atoms with Gasteiger partial charge in [-0.1, -0.05) is 37.1 Å². The van der Waals surface area contributed by atoms with Crippen molar-refractivity contribution in [3.05, 3.63) is 35.4 Å². The van der Waals surface area contributed by atoms with Crippen LogP contribution in [0.2, 0.25) is 0 Å². The molecular weight excluding hydrogens is 218 g/mol. The molecule has 2 fully saturated rings. The molecule has 0 heterocycles. The van der Waals surface area contributed by atoms with Crippen molar-refractivity contribution >= 4 is 0 Å². The standard InChI is InChI=1S/C17H25N/c1-18-17-10-4-9-16(12-17)15-8-3-7-14(11-15)13-5-2-6-13/h3,7-8,11,13,16-18H,2,4-6,9-10,12H2,1H3. The Morgan fingerprint density at radius 3 is 2.28 bits per heavy atom. The van der Waals surface area contributed by atoms with Crippen LogP contribution in [-0.4, -0.2) is 13.1 Å². The molecule has 0 aromatic heterocycles. The third kappa shape index (κ3) is 2.47. The first-order valence-corrected chi connectivity index (χ1v) is 7.64. The van der Waals surface area contributed by atoms with Crippen molar-refractivity contribution in [1.82, 2.24) is 5.32 Å². The highest BCUT2D eigenvalue weighted by atomic mass is 14.9. The minimum atomic E-state index is 0.733. The van der Waals surface area contributed by atoms with Gasteiger partial charge >= 0.3 is 0 Å². The topological polar surface area (TPSA) is 12.0 Å². The summed E-state index contributed by atoms with van der Waals surface area (Å²) in [6.07, 6.45) is 9.69. The normalized spacial score (nSPS) is 28.9. The molecule has 2 aliphatic rings. The molecule has 0 aliphatic heterocycles. The average molecular weight is 243 g/mol. The van der Waals surface area contributed by atoms with Crippen LogP contribution >= 0.6 is 0 Å². The summed E-state index contributed by atoms with van der Waals surface area (Å²) in [5.74, 6) is 1.66. The first-order valence-electron chi connectivity index (χ1n) is 7.64. The number of hydrogen-bond acceptors (Lipinski definition) is 1. The first-order chi connectivity index (χ1) is 8.86. The van der Waals surface area contributed by atoms with Crippen LogP contribution in [0.1, 0.15) is 67.9 Å². The van der Waals surface area contributed by atoms with Gasteiger partial charge in [-0.2, -0.15) is 0 Å². The van der Waals surface area contributed by atoms with E-state index in [2.05, 4.69) is 36.6 Å². The first kappa shape index (κ1) is 12.2. The average Bonchev–Trinajstić information content (AvgIpc) is 2.37. The van der Waals surface area contributed by atoms with Gasteiger partial charge in [-0.3, -0.25) is 0 Å². The number of benzene rings is 1. The predicted molar refractivity (Wildman–Crippen MR) is 77.1 cm³/mol. The minimum Gasteiger partial charge on any atom is -0.317 e. The number of nitrogens with one attached hydrogen (secondary N) is 1. The molecule has 1 nitrogen and oxygen atoms in total. The third-order valence-corrected chi connectivity index (χ3v) is 5.04. The molecule has 1 aromatic carbocycles. The van der Waals surface area contributed by atoms with Crippen LogP contribution in [0.25, 0.3) is 0 Å². The SMILES string of the molecule is CNC1CCCC(c2cccc(C3CCC3)c2)C1. The van der Waals surface area contributed by atoms with Crippen molar-refractivity contribution in [2.45, 2.75) is 62.8 Å². The van der Waals surface area contributed by atoms with Gasteiger partial charge in [0.15, 0.2) is 0 Å².